The fourth-order valence-corrected chi connectivity index (χ4v) is 9.63. The zero-order valence-electron chi connectivity index (χ0n) is 15.1. The molecular weight excluding hydrogens is 304 g/mol. The first-order chi connectivity index (χ1) is 11.5. The van der Waals surface area contributed by atoms with E-state index in [1.54, 1.807) is 0 Å². The van der Waals surface area contributed by atoms with Crippen molar-refractivity contribution in [2.24, 2.45) is 0 Å². The van der Waals surface area contributed by atoms with Crippen LogP contribution in [-0.4, -0.2) is 8.07 Å². The molecule has 0 N–H and O–H groups in total. The van der Waals surface area contributed by atoms with Crippen LogP contribution in [0, 0.1) is 6.92 Å². The van der Waals surface area contributed by atoms with Crippen LogP contribution in [0.1, 0.15) is 26.3 Å². The first-order valence-corrected chi connectivity index (χ1v) is 10.6. The highest BCUT2D eigenvalue weighted by Gasteiger charge is 2.48. The second-order valence-electron chi connectivity index (χ2n) is 7.60. The monoisotopic (exact) mass is 330 g/mol. The van der Waals surface area contributed by atoms with Crippen LogP contribution >= 0.6 is 0 Å². The highest BCUT2D eigenvalue weighted by atomic mass is 28.3. The Morgan fingerprint density at radius 3 is 1.29 bits per heavy atom. The van der Waals surface area contributed by atoms with Crippen LogP contribution in [0.25, 0.3) is 0 Å². The summed E-state index contributed by atoms with van der Waals surface area (Å²) >= 11 is 0. The molecule has 0 aliphatic carbocycles. The van der Waals surface area contributed by atoms with Crippen LogP contribution in [-0.2, 0) is 0 Å². The van der Waals surface area contributed by atoms with Crippen LogP contribution in [0.3, 0.4) is 0 Å². The molecule has 0 aliphatic heterocycles. The average Bonchev–Trinajstić information content (AvgIpc) is 2.58. The number of hydrogen-bond acceptors (Lipinski definition) is 0. The lowest BCUT2D eigenvalue weighted by Crippen LogP contribution is -2.72. The smallest absolute Gasteiger partial charge is 0.0624 e. The van der Waals surface area contributed by atoms with Gasteiger partial charge in [0.1, 0.15) is 0 Å². The number of aryl methyl sites for hydroxylation is 1. The summed E-state index contributed by atoms with van der Waals surface area (Å²) in [6, 6.07) is 31.5. The zero-order chi connectivity index (χ0) is 17.2. The molecule has 122 valence electrons. The van der Waals surface area contributed by atoms with E-state index in [4.69, 9.17) is 0 Å². The predicted octanol–water partition coefficient (Wildman–Crippen LogP) is 4.27. The van der Waals surface area contributed by atoms with Crippen LogP contribution in [0.15, 0.2) is 84.9 Å². The number of hydrogen-bond donors (Lipinski definition) is 0. The van der Waals surface area contributed by atoms with Gasteiger partial charge in [-0.2, -0.15) is 0 Å². The summed E-state index contributed by atoms with van der Waals surface area (Å²) in [5, 5.41) is 4.60. The molecule has 0 atom stereocenters. The quantitative estimate of drug-likeness (QED) is 0.497. The Morgan fingerprint density at radius 1 is 0.542 bits per heavy atom. The van der Waals surface area contributed by atoms with E-state index in [9.17, 15) is 0 Å². The molecule has 3 rings (SSSR count). The molecule has 3 aromatic rings. The standard InChI is InChI=1S/C23H26Si/c1-19-15-17-22(18-16-19)24(23(2,3)4,20-11-7-5-8-12-20)21-13-9-6-10-14-21/h5-18H,1-4H3. The lowest BCUT2D eigenvalue weighted by atomic mass is 10.2. The lowest BCUT2D eigenvalue weighted by molar-refractivity contribution is 0.739. The van der Waals surface area contributed by atoms with Gasteiger partial charge in [-0.25, -0.2) is 0 Å². The highest BCUT2D eigenvalue weighted by Crippen LogP contribution is 2.35. The molecule has 24 heavy (non-hydrogen) atoms. The summed E-state index contributed by atoms with van der Waals surface area (Å²) in [7, 11) is -2.15. The minimum absolute atomic E-state index is 0.158. The van der Waals surface area contributed by atoms with E-state index >= 15 is 0 Å². The van der Waals surface area contributed by atoms with Gasteiger partial charge in [0.15, 0.2) is 8.07 Å². The largest absolute Gasteiger partial charge is 0.153 e. The van der Waals surface area contributed by atoms with Crippen LogP contribution in [0.4, 0.5) is 0 Å². The maximum absolute atomic E-state index is 2.40. The van der Waals surface area contributed by atoms with Crippen molar-refractivity contribution in [3.8, 4) is 0 Å². The Labute approximate surface area is 147 Å². The third-order valence-corrected chi connectivity index (χ3v) is 10.9. The van der Waals surface area contributed by atoms with Gasteiger partial charge in [-0.05, 0) is 27.5 Å². The molecular formula is C23H26Si. The molecule has 0 saturated carbocycles. The van der Waals surface area contributed by atoms with E-state index in [-0.39, 0.29) is 5.04 Å². The number of rotatable bonds is 3. The second kappa shape index (κ2) is 6.41. The van der Waals surface area contributed by atoms with E-state index in [0.29, 0.717) is 0 Å². The minimum atomic E-state index is -2.15. The van der Waals surface area contributed by atoms with Gasteiger partial charge in [-0.1, -0.05) is 111 Å². The third-order valence-electron chi connectivity index (χ3n) is 5.02. The zero-order valence-corrected chi connectivity index (χ0v) is 16.1. The topological polar surface area (TPSA) is 0 Å². The van der Waals surface area contributed by atoms with Gasteiger partial charge in [0, 0.05) is 0 Å². The molecule has 0 heterocycles. The summed E-state index contributed by atoms with van der Waals surface area (Å²) in [6.45, 7) is 9.37. The molecule has 0 fully saturated rings. The van der Waals surface area contributed by atoms with Gasteiger partial charge in [0.25, 0.3) is 0 Å². The Hall–Kier alpha value is -2.12. The van der Waals surface area contributed by atoms with Crippen molar-refractivity contribution in [2.45, 2.75) is 32.7 Å². The molecule has 0 aromatic heterocycles. The summed E-state index contributed by atoms with van der Waals surface area (Å²) in [5.74, 6) is 0. The maximum Gasteiger partial charge on any atom is 0.153 e. The van der Waals surface area contributed by atoms with E-state index in [1.165, 1.54) is 21.1 Å². The van der Waals surface area contributed by atoms with Crippen LogP contribution in [0.2, 0.25) is 5.04 Å². The van der Waals surface area contributed by atoms with Crippen molar-refractivity contribution < 1.29 is 0 Å². The predicted molar refractivity (Wildman–Crippen MR) is 108 cm³/mol. The van der Waals surface area contributed by atoms with E-state index in [0.717, 1.165) is 0 Å². The Morgan fingerprint density at radius 2 is 0.917 bits per heavy atom. The summed E-state index contributed by atoms with van der Waals surface area (Å²) in [4.78, 5) is 0. The van der Waals surface area contributed by atoms with Crippen LogP contribution < -0.4 is 15.6 Å². The lowest BCUT2D eigenvalue weighted by Gasteiger charge is -2.44. The fourth-order valence-electron chi connectivity index (χ4n) is 3.98. The molecule has 0 bridgehead atoms. The molecule has 0 nitrogen and oxygen atoms in total. The van der Waals surface area contributed by atoms with Crippen molar-refractivity contribution in [3.05, 3.63) is 90.5 Å². The van der Waals surface area contributed by atoms with Crippen molar-refractivity contribution >= 4 is 23.6 Å². The van der Waals surface area contributed by atoms with Gasteiger partial charge in [-0.15, -0.1) is 0 Å². The maximum atomic E-state index is 2.40. The molecule has 0 radical (unpaired) electrons. The van der Waals surface area contributed by atoms with Crippen molar-refractivity contribution in [2.75, 3.05) is 0 Å². The molecule has 1 heteroatoms. The average molecular weight is 331 g/mol. The van der Waals surface area contributed by atoms with Gasteiger partial charge in [0.2, 0.25) is 0 Å². The van der Waals surface area contributed by atoms with Gasteiger partial charge in [-0.3, -0.25) is 0 Å². The van der Waals surface area contributed by atoms with Crippen molar-refractivity contribution in [1.82, 2.24) is 0 Å². The summed E-state index contributed by atoms with van der Waals surface area (Å²) in [5.41, 5.74) is 1.32. The fraction of sp³-hybridized carbons (Fsp3) is 0.217. The number of benzene rings is 3. The second-order valence-corrected chi connectivity index (χ2v) is 12.3. The SMILES string of the molecule is Cc1ccc([Si](c2ccccc2)(c2ccccc2)C(C)(C)C)cc1. The molecule has 0 spiro atoms. The van der Waals surface area contributed by atoms with Crippen molar-refractivity contribution in [1.29, 1.82) is 0 Å². The third kappa shape index (κ3) is 2.74. The molecule has 0 saturated heterocycles. The Balaban J connectivity index is 2.40. The van der Waals surface area contributed by atoms with Crippen LogP contribution in [0.5, 0.6) is 0 Å². The van der Waals surface area contributed by atoms with Gasteiger partial charge in [0.05, 0.1) is 0 Å². The van der Waals surface area contributed by atoms with Crippen molar-refractivity contribution in [3.63, 3.8) is 0 Å². The Kier molecular flexibility index (Phi) is 4.47. The molecule has 0 aliphatic rings. The van der Waals surface area contributed by atoms with E-state index in [1.807, 2.05) is 0 Å². The highest BCUT2D eigenvalue weighted by molar-refractivity contribution is 7.13. The van der Waals surface area contributed by atoms with Gasteiger partial charge < -0.3 is 0 Å². The molecule has 0 amide bonds. The molecule has 3 aromatic carbocycles. The molecule has 0 unspecified atom stereocenters. The van der Waals surface area contributed by atoms with E-state index < -0.39 is 8.07 Å². The Bertz CT molecular complexity index is 741. The summed E-state index contributed by atoms with van der Waals surface area (Å²) < 4.78 is 0. The van der Waals surface area contributed by atoms with Gasteiger partial charge >= 0.3 is 0 Å². The summed E-state index contributed by atoms with van der Waals surface area (Å²) in [6.07, 6.45) is 0. The first kappa shape index (κ1) is 16.7. The first-order valence-electron chi connectivity index (χ1n) is 8.64. The normalized spacial score (nSPS) is 12.2. The van der Waals surface area contributed by atoms with E-state index in [2.05, 4.69) is 113 Å². The minimum Gasteiger partial charge on any atom is -0.0624 e.